The molecule has 0 saturated carbocycles. The molecule has 29 heavy (non-hydrogen) atoms. The van der Waals surface area contributed by atoms with Crippen molar-refractivity contribution in [2.24, 2.45) is 10.8 Å². The number of ketones is 1. The molecular formula is C27H28OS. The minimum absolute atomic E-state index is 0.182. The van der Waals surface area contributed by atoms with E-state index in [1.54, 1.807) is 0 Å². The summed E-state index contributed by atoms with van der Waals surface area (Å²) in [5, 5.41) is 0. The summed E-state index contributed by atoms with van der Waals surface area (Å²) in [6.45, 7) is 12.8. The highest BCUT2D eigenvalue weighted by Crippen LogP contribution is 2.48. The lowest BCUT2D eigenvalue weighted by Gasteiger charge is -2.33. The molecule has 0 unspecified atom stereocenters. The second-order valence-corrected chi connectivity index (χ2v) is 11.0. The Kier molecular flexibility index (Phi) is 4.74. The second-order valence-electron chi connectivity index (χ2n) is 9.87. The Morgan fingerprint density at radius 1 is 0.655 bits per heavy atom. The lowest BCUT2D eigenvalue weighted by atomic mass is 9.71. The first-order valence-electron chi connectivity index (χ1n) is 10.2. The predicted molar refractivity (Wildman–Crippen MR) is 123 cm³/mol. The maximum Gasteiger partial charge on any atom is 0.186 e. The molecule has 0 saturated heterocycles. The van der Waals surface area contributed by atoms with Crippen LogP contribution in [0.1, 0.15) is 52.7 Å². The SMILES string of the molecule is CC(C)(C)C1=CC(=C2c3ccccc3Sc3ccccc32)C=C(C(C)(C)C)C1=O. The standard InChI is InChI=1S/C27H28OS/c1-26(2,3)20-15-17(16-21(25(20)28)27(4,5)6)24-18-11-7-9-13-22(18)29-23-14-10-8-12-19(23)24/h7-16H,1-6H3. The van der Waals surface area contributed by atoms with E-state index in [9.17, 15) is 4.79 Å². The Hall–Kier alpha value is -2.32. The Balaban J connectivity index is 2.09. The first-order chi connectivity index (χ1) is 13.6. The molecule has 2 aliphatic rings. The second kappa shape index (κ2) is 6.88. The molecule has 2 heteroatoms. The van der Waals surface area contributed by atoms with Crippen LogP contribution < -0.4 is 0 Å². The summed E-state index contributed by atoms with van der Waals surface area (Å²) in [5.74, 6) is 0.182. The molecule has 0 amide bonds. The molecule has 0 atom stereocenters. The van der Waals surface area contributed by atoms with E-state index < -0.39 is 0 Å². The minimum Gasteiger partial charge on any atom is -0.289 e. The Labute approximate surface area is 178 Å². The zero-order valence-electron chi connectivity index (χ0n) is 18.1. The van der Waals surface area contributed by atoms with Crippen LogP contribution in [0.3, 0.4) is 0 Å². The van der Waals surface area contributed by atoms with Crippen LogP contribution >= 0.6 is 11.8 Å². The van der Waals surface area contributed by atoms with Crippen LogP contribution in [-0.4, -0.2) is 5.78 Å². The van der Waals surface area contributed by atoms with Crippen molar-refractivity contribution in [2.75, 3.05) is 0 Å². The summed E-state index contributed by atoms with van der Waals surface area (Å²) in [4.78, 5) is 15.9. The van der Waals surface area contributed by atoms with Gasteiger partial charge in [-0.05, 0) is 57.4 Å². The van der Waals surface area contributed by atoms with E-state index in [1.807, 2.05) is 11.8 Å². The van der Waals surface area contributed by atoms with Gasteiger partial charge in [0.15, 0.2) is 5.78 Å². The smallest absolute Gasteiger partial charge is 0.186 e. The largest absolute Gasteiger partial charge is 0.289 e. The fourth-order valence-electron chi connectivity index (χ4n) is 3.99. The van der Waals surface area contributed by atoms with E-state index in [-0.39, 0.29) is 16.6 Å². The highest BCUT2D eigenvalue weighted by atomic mass is 32.2. The van der Waals surface area contributed by atoms with Gasteiger partial charge in [-0.15, -0.1) is 0 Å². The first-order valence-corrected chi connectivity index (χ1v) is 11.0. The molecule has 4 rings (SSSR count). The minimum atomic E-state index is -0.212. The van der Waals surface area contributed by atoms with Gasteiger partial charge >= 0.3 is 0 Å². The van der Waals surface area contributed by atoms with Crippen molar-refractivity contribution in [2.45, 2.75) is 51.3 Å². The number of benzene rings is 2. The van der Waals surface area contributed by atoms with Gasteiger partial charge in [0.2, 0.25) is 0 Å². The number of fused-ring (bicyclic) bond motifs is 2. The maximum atomic E-state index is 13.4. The number of carbonyl (C=O) groups is 1. The summed E-state index contributed by atoms with van der Waals surface area (Å²) in [6, 6.07) is 17.2. The van der Waals surface area contributed by atoms with E-state index in [1.165, 1.54) is 26.5 Å². The molecule has 1 nitrogen and oxygen atoms in total. The zero-order chi connectivity index (χ0) is 21.0. The number of Topliss-reactive ketones (excluding diaryl/α,β-unsaturated/α-hetero) is 1. The molecule has 0 spiro atoms. The van der Waals surface area contributed by atoms with Gasteiger partial charge in [-0.2, -0.15) is 0 Å². The molecule has 0 aromatic heterocycles. The Bertz CT molecular complexity index is 1010. The maximum absolute atomic E-state index is 13.4. The zero-order valence-corrected chi connectivity index (χ0v) is 18.9. The van der Waals surface area contributed by atoms with Crippen molar-refractivity contribution in [3.63, 3.8) is 0 Å². The molecule has 148 valence electrons. The van der Waals surface area contributed by atoms with E-state index >= 15 is 0 Å². The molecule has 0 fully saturated rings. The highest BCUT2D eigenvalue weighted by Gasteiger charge is 2.35. The number of hydrogen-bond donors (Lipinski definition) is 0. The number of hydrogen-bond acceptors (Lipinski definition) is 2. The molecule has 0 radical (unpaired) electrons. The van der Waals surface area contributed by atoms with Crippen LogP contribution in [0.5, 0.6) is 0 Å². The molecule has 0 N–H and O–H groups in total. The summed E-state index contributed by atoms with van der Waals surface area (Å²) in [7, 11) is 0. The number of rotatable bonds is 0. The van der Waals surface area contributed by atoms with Crippen LogP contribution in [0.2, 0.25) is 0 Å². The van der Waals surface area contributed by atoms with Crippen LogP contribution in [-0.2, 0) is 4.79 Å². The van der Waals surface area contributed by atoms with E-state index in [0.29, 0.717) is 0 Å². The molecule has 0 bridgehead atoms. The molecule has 2 aromatic carbocycles. The molecule has 1 heterocycles. The Morgan fingerprint density at radius 3 is 1.48 bits per heavy atom. The monoisotopic (exact) mass is 400 g/mol. The van der Waals surface area contributed by atoms with Crippen LogP contribution in [0, 0.1) is 10.8 Å². The van der Waals surface area contributed by atoms with Gasteiger partial charge in [0.05, 0.1) is 0 Å². The third-order valence-corrected chi connectivity index (χ3v) is 6.68. The Morgan fingerprint density at radius 2 is 1.07 bits per heavy atom. The lowest BCUT2D eigenvalue weighted by Crippen LogP contribution is -2.28. The fraction of sp³-hybridized carbons (Fsp3) is 0.296. The third-order valence-electron chi connectivity index (χ3n) is 5.53. The van der Waals surface area contributed by atoms with Gasteiger partial charge in [0.1, 0.15) is 0 Å². The summed E-state index contributed by atoms with van der Waals surface area (Å²) < 4.78 is 0. The quantitative estimate of drug-likeness (QED) is 0.389. The topological polar surface area (TPSA) is 17.1 Å². The van der Waals surface area contributed by atoms with Crippen molar-refractivity contribution in [1.29, 1.82) is 0 Å². The van der Waals surface area contributed by atoms with Gasteiger partial charge in [-0.3, -0.25) is 4.79 Å². The molecular weight excluding hydrogens is 372 g/mol. The molecule has 2 aromatic rings. The number of carbonyl (C=O) groups excluding carboxylic acids is 1. The summed E-state index contributed by atoms with van der Waals surface area (Å²) in [6.07, 6.45) is 4.27. The first kappa shape index (κ1) is 20.0. The van der Waals surface area contributed by atoms with Crippen molar-refractivity contribution in [3.05, 3.63) is 88.5 Å². The summed E-state index contributed by atoms with van der Waals surface area (Å²) >= 11 is 1.82. The van der Waals surface area contributed by atoms with Gasteiger partial charge < -0.3 is 0 Å². The van der Waals surface area contributed by atoms with Gasteiger partial charge in [-0.25, -0.2) is 0 Å². The van der Waals surface area contributed by atoms with Crippen LogP contribution in [0.4, 0.5) is 0 Å². The lowest BCUT2D eigenvalue weighted by molar-refractivity contribution is -0.114. The molecule has 1 aliphatic heterocycles. The third kappa shape index (κ3) is 3.55. The molecule has 1 aliphatic carbocycles. The highest BCUT2D eigenvalue weighted by molar-refractivity contribution is 7.99. The van der Waals surface area contributed by atoms with Crippen LogP contribution in [0.15, 0.2) is 87.2 Å². The van der Waals surface area contributed by atoms with E-state index in [4.69, 9.17) is 0 Å². The average molecular weight is 401 g/mol. The fourth-order valence-corrected chi connectivity index (χ4v) is 5.08. The van der Waals surface area contributed by atoms with Gasteiger partial charge in [0.25, 0.3) is 0 Å². The van der Waals surface area contributed by atoms with Crippen molar-refractivity contribution < 1.29 is 4.79 Å². The van der Waals surface area contributed by atoms with E-state index in [0.717, 1.165) is 16.7 Å². The van der Waals surface area contributed by atoms with Crippen LogP contribution in [0.25, 0.3) is 5.57 Å². The van der Waals surface area contributed by atoms with Crippen molar-refractivity contribution in [1.82, 2.24) is 0 Å². The normalized spacial score (nSPS) is 16.8. The van der Waals surface area contributed by atoms with Gasteiger partial charge in [0, 0.05) is 20.9 Å². The van der Waals surface area contributed by atoms with E-state index in [2.05, 4.69) is 102 Å². The summed E-state index contributed by atoms with van der Waals surface area (Å²) in [5.41, 5.74) is 6.21. The number of allylic oxidation sites excluding steroid dienone is 5. The average Bonchev–Trinajstić information content (AvgIpc) is 2.64. The van der Waals surface area contributed by atoms with Gasteiger partial charge in [-0.1, -0.05) is 89.7 Å². The van der Waals surface area contributed by atoms with Crippen molar-refractivity contribution >= 4 is 23.1 Å². The predicted octanol–water partition coefficient (Wildman–Crippen LogP) is 7.48. The van der Waals surface area contributed by atoms with Crippen molar-refractivity contribution in [3.8, 4) is 0 Å².